The fourth-order valence-corrected chi connectivity index (χ4v) is 5.51. The molecule has 1 fully saturated rings. The first-order valence-electron chi connectivity index (χ1n) is 11.2. The van der Waals surface area contributed by atoms with Gasteiger partial charge in [-0.25, -0.2) is 9.13 Å². The van der Waals surface area contributed by atoms with Gasteiger partial charge in [0.2, 0.25) is 5.91 Å². The van der Waals surface area contributed by atoms with Gasteiger partial charge in [-0.1, -0.05) is 60.7 Å². The number of aliphatic hydroxyl groups is 1. The first kappa shape index (κ1) is 24.2. The minimum absolute atomic E-state index is 0. The molecule has 1 aliphatic rings. The molecule has 2 aromatic carbocycles. The van der Waals surface area contributed by atoms with Gasteiger partial charge in [0.05, 0.1) is 6.54 Å². The molecule has 1 aliphatic carbocycles. The molecule has 0 spiro atoms. The van der Waals surface area contributed by atoms with Gasteiger partial charge in [0, 0.05) is 20.0 Å². The maximum atomic E-state index is 13.2. The standard InChI is InChI=1S/C26H31N3O2.BrH/c1-20-28(15-8-18-30)16-17-29(20)24-14-13-23(19-24)26(25(27)31,21-9-4-2-5-10-21)22-11-6-3-7-12-22;/h2-7,9-12,16-17,23-24,30H,8,13-15,18-19H2,1H3,(H-,27,31);1H. The maximum Gasteiger partial charge on any atom is 0.253 e. The number of aliphatic hydroxyl groups excluding tert-OH is 1. The third-order valence-corrected chi connectivity index (χ3v) is 7.01. The van der Waals surface area contributed by atoms with Crippen molar-refractivity contribution in [2.24, 2.45) is 11.7 Å². The number of hydrogen-bond acceptors (Lipinski definition) is 2. The molecule has 1 saturated carbocycles. The summed E-state index contributed by atoms with van der Waals surface area (Å²) < 4.78 is 4.53. The molecule has 170 valence electrons. The average Bonchev–Trinajstić information content (AvgIpc) is 3.41. The number of amides is 1. The largest absolute Gasteiger partial charge is 1.00 e. The van der Waals surface area contributed by atoms with Gasteiger partial charge < -0.3 is 27.8 Å². The Bertz CT molecular complexity index is 981. The van der Waals surface area contributed by atoms with Gasteiger partial charge in [-0.3, -0.25) is 4.79 Å². The number of benzene rings is 2. The number of hydrogen-bond donors (Lipinski definition) is 2. The van der Waals surface area contributed by atoms with Gasteiger partial charge in [-0.2, -0.15) is 0 Å². The zero-order valence-corrected chi connectivity index (χ0v) is 20.1. The van der Waals surface area contributed by atoms with Crippen LogP contribution in [0.3, 0.4) is 0 Å². The normalized spacial score (nSPS) is 18.3. The molecule has 1 heterocycles. The first-order chi connectivity index (χ1) is 15.1. The second-order valence-corrected chi connectivity index (χ2v) is 8.59. The number of aromatic nitrogens is 2. The van der Waals surface area contributed by atoms with Crippen molar-refractivity contribution in [1.82, 2.24) is 4.57 Å². The van der Waals surface area contributed by atoms with E-state index in [0.717, 1.165) is 43.4 Å². The molecule has 32 heavy (non-hydrogen) atoms. The first-order valence-corrected chi connectivity index (χ1v) is 11.2. The summed E-state index contributed by atoms with van der Waals surface area (Å²) in [4.78, 5) is 13.2. The van der Waals surface area contributed by atoms with Crippen LogP contribution in [-0.2, 0) is 16.8 Å². The Kier molecular flexibility index (Phi) is 7.91. The van der Waals surface area contributed by atoms with Crippen LogP contribution < -0.4 is 27.3 Å². The maximum absolute atomic E-state index is 13.2. The van der Waals surface area contributed by atoms with Crippen molar-refractivity contribution in [3.8, 4) is 0 Å². The predicted molar refractivity (Wildman–Crippen MR) is 120 cm³/mol. The van der Waals surface area contributed by atoms with E-state index in [0.29, 0.717) is 6.04 Å². The van der Waals surface area contributed by atoms with Crippen molar-refractivity contribution in [3.05, 3.63) is 90.0 Å². The van der Waals surface area contributed by atoms with E-state index in [1.807, 2.05) is 60.7 Å². The number of halogens is 1. The Labute approximate surface area is 200 Å². The predicted octanol–water partition coefficient (Wildman–Crippen LogP) is 0.283. The van der Waals surface area contributed by atoms with Gasteiger partial charge in [0.15, 0.2) is 0 Å². The monoisotopic (exact) mass is 497 g/mol. The van der Waals surface area contributed by atoms with E-state index in [-0.39, 0.29) is 35.4 Å². The van der Waals surface area contributed by atoms with Crippen LogP contribution in [0.15, 0.2) is 73.1 Å². The van der Waals surface area contributed by atoms with E-state index < -0.39 is 5.41 Å². The van der Waals surface area contributed by atoms with Crippen LogP contribution in [0.2, 0.25) is 0 Å². The summed E-state index contributed by atoms with van der Waals surface area (Å²) >= 11 is 0. The van der Waals surface area contributed by atoms with Crippen LogP contribution in [0.1, 0.15) is 48.7 Å². The van der Waals surface area contributed by atoms with Gasteiger partial charge in [0.1, 0.15) is 23.9 Å². The van der Waals surface area contributed by atoms with E-state index in [4.69, 9.17) is 10.8 Å². The zero-order chi connectivity index (χ0) is 21.8. The van der Waals surface area contributed by atoms with Crippen molar-refractivity contribution < 1.29 is 31.4 Å². The molecule has 0 radical (unpaired) electrons. The van der Waals surface area contributed by atoms with Gasteiger partial charge in [0.25, 0.3) is 5.82 Å². The lowest BCUT2D eigenvalue weighted by atomic mass is 9.64. The highest BCUT2D eigenvalue weighted by atomic mass is 79.9. The Morgan fingerprint density at radius 2 is 1.69 bits per heavy atom. The van der Waals surface area contributed by atoms with E-state index >= 15 is 0 Å². The molecule has 5 nitrogen and oxygen atoms in total. The van der Waals surface area contributed by atoms with Crippen LogP contribution in [-0.4, -0.2) is 22.2 Å². The fraction of sp³-hybridized carbons (Fsp3) is 0.385. The number of carbonyl (C=O) groups is 1. The Morgan fingerprint density at radius 1 is 1.09 bits per heavy atom. The number of primary amides is 1. The lowest BCUT2D eigenvalue weighted by molar-refractivity contribution is -0.703. The van der Waals surface area contributed by atoms with Crippen molar-refractivity contribution in [1.29, 1.82) is 0 Å². The molecule has 2 atom stereocenters. The number of carbonyl (C=O) groups excluding carboxylic acids is 1. The molecule has 3 aromatic rings. The quantitative estimate of drug-likeness (QED) is 0.439. The molecule has 0 bridgehead atoms. The summed E-state index contributed by atoms with van der Waals surface area (Å²) in [6, 6.07) is 20.4. The van der Waals surface area contributed by atoms with Crippen molar-refractivity contribution in [2.45, 2.75) is 50.6 Å². The average molecular weight is 498 g/mol. The number of nitrogens with zero attached hydrogens (tertiary/aromatic N) is 2. The van der Waals surface area contributed by atoms with E-state index in [1.54, 1.807) is 0 Å². The summed E-state index contributed by atoms with van der Waals surface area (Å²) in [6.45, 7) is 3.13. The van der Waals surface area contributed by atoms with Crippen LogP contribution in [0.4, 0.5) is 0 Å². The van der Waals surface area contributed by atoms with Crippen molar-refractivity contribution in [2.75, 3.05) is 6.61 Å². The number of nitrogens with two attached hydrogens (primary N) is 1. The van der Waals surface area contributed by atoms with Crippen molar-refractivity contribution in [3.63, 3.8) is 0 Å². The summed E-state index contributed by atoms with van der Waals surface area (Å²) in [5, 5.41) is 9.17. The van der Waals surface area contributed by atoms with Crippen molar-refractivity contribution >= 4 is 5.91 Å². The van der Waals surface area contributed by atoms with Gasteiger partial charge in [-0.05, 0) is 36.3 Å². The Balaban J connectivity index is 0.00000289. The molecule has 0 aliphatic heterocycles. The van der Waals surface area contributed by atoms with Gasteiger partial charge >= 0.3 is 0 Å². The summed E-state index contributed by atoms with van der Waals surface area (Å²) in [5.74, 6) is 1.02. The third-order valence-electron chi connectivity index (χ3n) is 7.01. The minimum Gasteiger partial charge on any atom is -1.00 e. The molecule has 4 rings (SSSR count). The highest BCUT2D eigenvalue weighted by Gasteiger charge is 2.51. The fourth-order valence-electron chi connectivity index (χ4n) is 5.51. The van der Waals surface area contributed by atoms with Crippen LogP contribution in [0.5, 0.6) is 0 Å². The second kappa shape index (κ2) is 10.5. The summed E-state index contributed by atoms with van der Waals surface area (Å²) in [7, 11) is 0. The molecule has 1 aromatic heterocycles. The number of rotatable bonds is 8. The molecular formula is C26H32BrN3O2. The Morgan fingerprint density at radius 3 is 2.22 bits per heavy atom. The van der Waals surface area contributed by atoms with Crippen LogP contribution in [0.25, 0.3) is 0 Å². The lowest BCUT2D eigenvalue weighted by Gasteiger charge is -2.37. The van der Waals surface area contributed by atoms with E-state index in [2.05, 4.69) is 28.5 Å². The molecule has 1 amide bonds. The van der Waals surface area contributed by atoms with Crippen LogP contribution in [0, 0.1) is 12.8 Å². The molecule has 6 heteroatoms. The zero-order valence-electron chi connectivity index (χ0n) is 18.5. The highest BCUT2D eigenvalue weighted by molar-refractivity contribution is 5.91. The van der Waals surface area contributed by atoms with Crippen LogP contribution >= 0.6 is 0 Å². The summed E-state index contributed by atoms with van der Waals surface area (Å²) in [5.41, 5.74) is 7.32. The van der Waals surface area contributed by atoms with Gasteiger partial charge in [-0.15, -0.1) is 0 Å². The number of imidazole rings is 1. The Hall–Kier alpha value is -2.44. The molecule has 3 N–H and O–H groups in total. The lowest BCUT2D eigenvalue weighted by Crippen LogP contribution is -3.00. The number of aryl methyl sites for hydroxylation is 1. The molecular weight excluding hydrogens is 466 g/mol. The molecule has 0 saturated heterocycles. The summed E-state index contributed by atoms with van der Waals surface area (Å²) in [6.07, 6.45) is 7.81. The minimum atomic E-state index is -0.842. The SMILES string of the molecule is Cc1n(C2CCC(C(C(N)=O)(c3ccccc3)c3ccccc3)C2)cc[n+]1CCCO.[Br-]. The van der Waals surface area contributed by atoms with E-state index in [1.165, 1.54) is 5.82 Å². The van der Waals surface area contributed by atoms with E-state index in [9.17, 15) is 4.79 Å². The topological polar surface area (TPSA) is 72.1 Å². The third kappa shape index (κ3) is 4.26. The molecule has 2 unspecified atom stereocenters. The highest BCUT2D eigenvalue weighted by Crippen LogP contribution is 2.49. The smallest absolute Gasteiger partial charge is 0.253 e. The second-order valence-electron chi connectivity index (χ2n) is 8.59.